The van der Waals surface area contributed by atoms with Crippen molar-refractivity contribution in [2.75, 3.05) is 13.1 Å². The number of carboxylic acid groups (broad SMARTS) is 1. The molecule has 4 rings (SSSR count). The molecule has 6 nitrogen and oxygen atoms in total. The van der Waals surface area contributed by atoms with Gasteiger partial charge in [0.15, 0.2) is 6.10 Å². The fraction of sp³-hybridized carbons (Fsp3) is 0.452. The number of carboxylic acids is 1. The number of aliphatic carboxylic acids is 1. The van der Waals surface area contributed by atoms with Crippen LogP contribution in [-0.2, 0) is 9.59 Å². The summed E-state index contributed by atoms with van der Waals surface area (Å²) in [7, 11) is 0. The molecule has 2 aromatic carbocycles. The van der Waals surface area contributed by atoms with Gasteiger partial charge in [-0.1, -0.05) is 45.9 Å². The second-order valence-electron chi connectivity index (χ2n) is 10.8. The number of benzene rings is 2. The summed E-state index contributed by atoms with van der Waals surface area (Å²) in [5.41, 5.74) is 5.90. The number of aromatic nitrogens is 1. The summed E-state index contributed by atoms with van der Waals surface area (Å²) < 4.78 is 6.08. The molecule has 1 N–H and O–H groups in total. The number of rotatable bonds is 8. The molecular formula is C31H38N2O4. The van der Waals surface area contributed by atoms with E-state index in [0.29, 0.717) is 30.7 Å². The van der Waals surface area contributed by atoms with Crippen LogP contribution in [-0.4, -0.2) is 46.1 Å². The zero-order valence-corrected chi connectivity index (χ0v) is 22.5. The van der Waals surface area contributed by atoms with Crippen LogP contribution in [0.2, 0.25) is 0 Å². The standard InChI is InChI=1S/C31H38N2O4/c1-19(2)24-9-6-10-25(20(3)4)30(24)27-13-14-32-28-17-23(11-12-26(27)28)37-21(5)31(36)33-15-7-8-22(18-33)16-29(34)35/h6,9-14,17,19-22H,7-8,15-16,18H2,1-5H3,(H,34,35)/t21?,22-/m1/s1. The van der Waals surface area contributed by atoms with Crippen molar-refractivity contribution in [3.63, 3.8) is 0 Å². The van der Waals surface area contributed by atoms with Crippen LogP contribution in [0.5, 0.6) is 5.75 Å². The number of pyridine rings is 1. The molecule has 1 amide bonds. The Morgan fingerprint density at radius 1 is 1.05 bits per heavy atom. The molecule has 0 bridgehead atoms. The number of nitrogens with zero attached hydrogens (tertiary/aromatic N) is 2. The molecule has 1 fully saturated rings. The summed E-state index contributed by atoms with van der Waals surface area (Å²) in [6.07, 6.45) is 2.92. The van der Waals surface area contributed by atoms with Crippen molar-refractivity contribution >= 4 is 22.8 Å². The van der Waals surface area contributed by atoms with E-state index in [4.69, 9.17) is 9.84 Å². The van der Waals surface area contributed by atoms with E-state index in [-0.39, 0.29) is 18.2 Å². The molecule has 2 atom stereocenters. The Kier molecular flexibility index (Phi) is 8.16. The van der Waals surface area contributed by atoms with Crippen LogP contribution in [0, 0.1) is 5.92 Å². The molecule has 1 unspecified atom stereocenters. The van der Waals surface area contributed by atoms with Gasteiger partial charge in [0, 0.05) is 37.2 Å². The minimum Gasteiger partial charge on any atom is -0.481 e. The Balaban J connectivity index is 1.60. The van der Waals surface area contributed by atoms with Gasteiger partial charge in [-0.15, -0.1) is 0 Å². The predicted molar refractivity (Wildman–Crippen MR) is 147 cm³/mol. The molecular weight excluding hydrogens is 464 g/mol. The van der Waals surface area contributed by atoms with Crippen molar-refractivity contribution in [3.05, 3.63) is 59.8 Å². The predicted octanol–water partition coefficient (Wildman–Crippen LogP) is 6.63. The molecule has 3 aromatic rings. The number of likely N-dealkylation sites (tertiary alicyclic amines) is 1. The van der Waals surface area contributed by atoms with Gasteiger partial charge in [-0.3, -0.25) is 14.6 Å². The summed E-state index contributed by atoms with van der Waals surface area (Å²) in [4.78, 5) is 30.6. The van der Waals surface area contributed by atoms with Crippen LogP contribution in [0.1, 0.15) is 76.8 Å². The van der Waals surface area contributed by atoms with Crippen molar-refractivity contribution in [1.29, 1.82) is 0 Å². The lowest BCUT2D eigenvalue weighted by atomic mass is 9.84. The normalized spacial score (nSPS) is 16.8. The summed E-state index contributed by atoms with van der Waals surface area (Å²) in [6, 6.07) is 14.5. The van der Waals surface area contributed by atoms with Crippen LogP contribution in [0.4, 0.5) is 0 Å². The van der Waals surface area contributed by atoms with Crippen molar-refractivity contribution < 1.29 is 19.4 Å². The number of hydrogen-bond acceptors (Lipinski definition) is 4. The smallest absolute Gasteiger partial charge is 0.303 e. The molecule has 0 aliphatic carbocycles. The molecule has 2 heterocycles. The largest absolute Gasteiger partial charge is 0.481 e. The number of fused-ring (bicyclic) bond motifs is 1. The first kappa shape index (κ1) is 26.6. The van der Waals surface area contributed by atoms with E-state index in [2.05, 4.69) is 56.9 Å². The number of carbonyl (C=O) groups excluding carboxylic acids is 1. The number of ether oxygens (including phenoxy) is 1. The Morgan fingerprint density at radius 2 is 1.76 bits per heavy atom. The maximum Gasteiger partial charge on any atom is 0.303 e. The number of carbonyl (C=O) groups is 2. The first-order chi connectivity index (χ1) is 17.7. The fourth-order valence-corrected chi connectivity index (χ4v) is 5.47. The molecule has 0 radical (unpaired) electrons. The van der Waals surface area contributed by atoms with E-state index < -0.39 is 12.1 Å². The monoisotopic (exact) mass is 502 g/mol. The third-order valence-electron chi connectivity index (χ3n) is 7.31. The van der Waals surface area contributed by atoms with Gasteiger partial charge in [-0.2, -0.15) is 0 Å². The molecule has 1 aliphatic rings. The molecule has 1 aromatic heterocycles. The van der Waals surface area contributed by atoms with Crippen LogP contribution < -0.4 is 4.74 Å². The topological polar surface area (TPSA) is 79.7 Å². The van der Waals surface area contributed by atoms with E-state index in [9.17, 15) is 9.59 Å². The van der Waals surface area contributed by atoms with Gasteiger partial charge in [0.05, 0.1) is 5.52 Å². The quantitative estimate of drug-likeness (QED) is 0.374. The lowest BCUT2D eigenvalue weighted by Crippen LogP contribution is -2.46. The molecule has 6 heteroatoms. The highest BCUT2D eigenvalue weighted by Crippen LogP contribution is 2.39. The number of hydrogen-bond donors (Lipinski definition) is 1. The lowest BCUT2D eigenvalue weighted by molar-refractivity contribution is -0.143. The summed E-state index contributed by atoms with van der Waals surface area (Å²) in [5, 5.41) is 10.2. The first-order valence-electron chi connectivity index (χ1n) is 13.3. The SMILES string of the molecule is CC(Oc1ccc2c(-c3c(C(C)C)cccc3C(C)C)ccnc2c1)C(=O)N1CCC[C@H](CC(=O)O)C1. The minimum atomic E-state index is -0.817. The molecule has 37 heavy (non-hydrogen) atoms. The Labute approximate surface area is 219 Å². The highest BCUT2D eigenvalue weighted by atomic mass is 16.5. The maximum absolute atomic E-state index is 13.1. The number of piperidine rings is 1. The highest BCUT2D eigenvalue weighted by molar-refractivity contribution is 5.97. The zero-order chi connectivity index (χ0) is 26.7. The summed E-state index contributed by atoms with van der Waals surface area (Å²) in [6.45, 7) is 11.8. The van der Waals surface area contributed by atoms with Gasteiger partial charge in [-0.25, -0.2) is 0 Å². The average Bonchev–Trinajstić information content (AvgIpc) is 2.87. The van der Waals surface area contributed by atoms with Gasteiger partial charge in [0.25, 0.3) is 5.91 Å². The molecule has 0 saturated carbocycles. The van der Waals surface area contributed by atoms with Gasteiger partial charge >= 0.3 is 5.97 Å². The van der Waals surface area contributed by atoms with Crippen LogP contribution in [0.25, 0.3) is 22.0 Å². The highest BCUT2D eigenvalue weighted by Gasteiger charge is 2.29. The molecule has 1 aliphatic heterocycles. The van der Waals surface area contributed by atoms with E-state index in [1.807, 2.05) is 24.4 Å². The molecule has 196 valence electrons. The second-order valence-corrected chi connectivity index (χ2v) is 10.8. The fourth-order valence-electron chi connectivity index (χ4n) is 5.47. The third-order valence-corrected chi connectivity index (χ3v) is 7.31. The van der Waals surface area contributed by atoms with E-state index >= 15 is 0 Å². The Hall–Kier alpha value is -3.41. The van der Waals surface area contributed by atoms with Crippen LogP contribution in [0.15, 0.2) is 48.7 Å². The first-order valence-corrected chi connectivity index (χ1v) is 13.3. The van der Waals surface area contributed by atoms with E-state index in [1.165, 1.54) is 16.7 Å². The number of amides is 1. The average molecular weight is 503 g/mol. The molecule has 1 saturated heterocycles. The Morgan fingerprint density at radius 3 is 2.41 bits per heavy atom. The van der Waals surface area contributed by atoms with Crippen molar-refractivity contribution in [2.24, 2.45) is 5.92 Å². The Bertz CT molecular complexity index is 1260. The summed E-state index contributed by atoms with van der Waals surface area (Å²) >= 11 is 0. The van der Waals surface area contributed by atoms with Crippen molar-refractivity contribution in [1.82, 2.24) is 9.88 Å². The molecule has 0 spiro atoms. The summed E-state index contributed by atoms with van der Waals surface area (Å²) in [5.74, 6) is 0.438. The van der Waals surface area contributed by atoms with Crippen molar-refractivity contribution in [2.45, 2.75) is 71.8 Å². The maximum atomic E-state index is 13.1. The van der Waals surface area contributed by atoms with Gasteiger partial charge in [0.2, 0.25) is 0 Å². The van der Waals surface area contributed by atoms with E-state index in [1.54, 1.807) is 11.8 Å². The second kappa shape index (κ2) is 11.3. The van der Waals surface area contributed by atoms with E-state index in [0.717, 1.165) is 29.3 Å². The van der Waals surface area contributed by atoms with Crippen LogP contribution >= 0.6 is 0 Å². The van der Waals surface area contributed by atoms with Gasteiger partial charge < -0.3 is 14.7 Å². The van der Waals surface area contributed by atoms with Gasteiger partial charge in [-0.05, 0) is 78.0 Å². The van der Waals surface area contributed by atoms with Crippen LogP contribution in [0.3, 0.4) is 0 Å². The van der Waals surface area contributed by atoms with Gasteiger partial charge in [0.1, 0.15) is 5.75 Å². The minimum absolute atomic E-state index is 0.00450. The lowest BCUT2D eigenvalue weighted by Gasteiger charge is -2.33. The van der Waals surface area contributed by atoms with Crippen molar-refractivity contribution in [3.8, 4) is 16.9 Å². The third kappa shape index (κ3) is 5.95. The zero-order valence-electron chi connectivity index (χ0n) is 22.5.